The van der Waals surface area contributed by atoms with Crippen LogP contribution in [0.1, 0.15) is 50.7 Å². The number of ether oxygens (including phenoxy) is 3. The van der Waals surface area contributed by atoms with Crippen LogP contribution in [-0.2, 0) is 16.7 Å². The number of hydrogen-bond donors (Lipinski definition) is 1. The predicted molar refractivity (Wildman–Crippen MR) is 117 cm³/mol. The average molecular weight is 399 g/mol. The molecule has 29 heavy (non-hydrogen) atoms. The Kier molecular flexibility index (Phi) is 7.20. The van der Waals surface area contributed by atoms with Crippen LogP contribution in [0.2, 0.25) is 0 Å². The van der Waals surface area contributed by atoms with Crippen molar-refractivity contribution in [3.63, 3.8) is 0 Å². The summed E-state index contributed by atoms with van der Waals surface area (Å²) >= 11 is 0. The van der Waals surface area contributed by atoms with E-state index >= 15 is 0 Å². The minimum atomic E-state index is -0.0743. The number of benzene rings is 2. The lowest BCUT2D eigenvalue weighted by molar-refractivity contribution is -0.672. The molecule has 4 nitrogen and oxygen atoms in total. The summed E-state index contributed by atoms with van der Waals surface area (Å²) in [5.41, 5.74) is 2.67. The van der Waals surface area contributed by atoms with Crippen molar-refractivity contribution in [2.24, 2.45) is 0 Å². The van der Waals surface area contributed by atoms with Crippen LogP contribution in [0.3, 0.4) is 0 Å². The Balaban J connectivity index is 1.73. The molecule has 2 atom stereocenters. The minimum absolute atomic E-state index is 0.0743. The van der Waals surface area contributed by atoms with Gasteiger partial charge in [0.15, 0.2) is 0 Å². The monoisotopic (exact) mass is 398 g/mol. The van der Waals surface area contributed by atoms with E-state index in [1.54, 1.807) is 14.2 Å². The molecule has 2 N–H and O–H groups in total. The van der Waals surface area contributed by atoms with Crippen molar-refractivity contribution in [1.82, 2.24) is 0 Å². The molecule has 1 heterocycles. The first-order valence-electron chi connectivity index (χ1n) is 10.8. The molecular weight excluding hydrogens is 362 g/mol. The second kappa shape index (κ2) is 9.64. The number of nitrogens with two attached hydrogens (primary N) is 1. The maximum Gasteiger partial charge on any atom is 0.122 e. The van der Waals surface area contributed by atoms with Crippen LogP contribution in [-0.4, -0.2) is 33.0 Å². The molecule has 3 rings (SSSR count). The normalized spacial score (nSPS) is 24.3. The smallest absolute Gasteiger partial charge is 0.122 e. The lowest BCUT2D eigenvalue weighted by atomic mass is 9.66. The molecule has 2 aromatic carbocycles. The lowest BCUT2D eigenvalue weighted by Crippen LogP contribution is -2.83. The highest BCUT2D eigenvalue weighted by atomic mass is 16.5. The third-order valence-electron chi connectivity index (χ3n) is 6.54. The summed E-state index contributed by atoms with van der Waals surface area (Å²) in [7, 11) is 3.48. The van der Waals surface area contributed by atoms with E-state index in [1.807, 2.05) is 12.1 Å². The second-order valence-electron chi connectivity index (χ2n) is 8.44. The van der Waals surface area contributed by atoms with E-state index < -0.39 is 0 Å². The fourth-order valence-electron chi connectivity index (χ4n) is 4.64. The Labute approximate surface area is 175 Å². The number of hydrogen-bond acceptors (Lipinski definition) is 3. The number of methoxy groups -OCH3 is 2. The zero-order valence-corrected chi connectivity index (χ0v) is 18.4. The van der Waals surface area contributed by atoms with Crippen molar-refractivity contribution in [3.05, 3.63) is 59.7 Å². The Bertz CT molecular complexity index is 776. The zero-order valence-electron chi connectivity index (χ0n) is 18.4. The molecule has 0 amide bonds. The minimum Gasteiger partial charge on any atom is -0.497 e. The topological polar surface area (TPSA) is 44.3 Å². The summed E-state index contributed by atoms with van der Waals surface area (Å²) < 4.78 is 17.2. The first-order chi connectivity index (χ1) is 14.0. The summed E-state index contributed by atoms with van der Waals surface area (Å²) in [4.78, 5) is 0. The fraction of sp³-hybridized carbons (Fsp3) is 0.520. The van der Waals surface area contributed by atoms with Crippen molar-refractivity contribution in [2.45, 2.75) is 57.1 Å². The third kappa shape index (κ3) is 5.12. The van der Waals surface area contributed by atoms with Gasteiger partial charge in [-0.2, -0.15) is 0 Å². The molecule has 1 aliphatic rings. The van der Waals surface area contributed by atoms with E-state index in [-0.39, 0.29) is 11.0 Å². The first-order valence-corrected chi connectivity index (χ1v) is 10.8. The average Bonchev–Trinajstić information content (AvgIpc) is 2.77. The zero-order chi connectivity index (χ0) is 20.7. The van der Waals surface area contributed by atoms with Gasteiger partial charge in [-0.15, -0.1) is 0 Å². The number of rotatable bonds is 9. The molecule has 0 bridgehead atoms. The highest BCUT2D eigenvalue weighted by molar-refractivity contribution is 5.40. The van der Waals surface area contributed by atoms with Gasteiger partial charge in [0, 0.05) is 29.6 Å². The van der Waals surface area contributed by atoms with Crippen molar-refractivity contribution in [3.8, 4) is 11.5 Å². The Hall–Kier alpha value is -2.04. The van der Waals surface area contributed by atoms with Gasteiger partial charge in [-0.3, -0.25) is 0 Å². The van der Waals surface area contributed by atoms with Crippen molar-refractivity contribution >= 4 is 0 Å². The first kappa shape index (κ1) is 21.7. The van der Waals surface area contributed by atoms with Crippen LogP contribution in [0, 0.1) is 0 Å². The highest BCUT2D eigenvalue weighted by Crippen LogP contribution is 2.47. The molecule has 158 valence electrons. The summed E-state index contributed by atoms with van der Waals surface area (Å²) in [5.74, 6) is 1.91. The lowest BCUT2D eigenvalue weighted by Gasteiger charge is -2.46. The van der Waals surface area contributed by atoms with Crippen LogP contribution in [0.5, 0.6) is 11.5 Å². The van der Waals surface area contributed by atoms with Crippen LogP contribution in [0.25, 0.3) is 0 Å². The maximum absolute atomic E-state index is 6.20. The SMILES string of the molecule is CC[C@@]1(C)C[C@@](CC[NH2+]Cc2ccc(OC)cc2)(c2ccccc2OC)CCO1. The van der Waals surface area contributed by atoms with Gasteiger partial charge >= 0.3 is 0 Å². The number of quaternary nitrogens is 1. The largest absolute Gasteiger partial charge is 0.497 e. The summed E-state index contributed by atoms with van der Waals surface area (Å²) in [5, 5.41) is 2.41. The highest BCUT2D eigenvalue weighted by Gasteiger charge is 2.44. The van der Waals surface area contributed by atoms with Crippen molar-refractivity contribution < 1.29 is 19.5 Å². The quantitative estimate of drug-likeness (QED) is 0.648. The predicted octanol–water partition coefficient (Wildman–Crippen LogP) is 4.07. The van der Waals surface area contributed by atoms with Crippen LogP contribution in [0.4, 0.5) is 0 Å². The Morgan fingerprint density at radius 1 is 1.03 bits per heavy atom. The second-order valence-corrected chi connectivity index (χ2v) is 8.44. The van der Waals surface area contributed by atoms with Gasteiger partial charge in [0.05, 0.1) is 26.4 Å². The van der Waals surface area contributed by atoms with Crippen molar-refractivity contribution in [1.29, 1.82) is 0 Å². The van der Waals surface area contributed by atoms with Gasteiger partial charge in [0.25, 0.3) is 0 Å². The van der Waals surface area contributed by atoms with Crippen molar-refractivity contribution in [2.75, 3.05) is 27.4 Å². The van der Waals surface area contributed by atoms with Gasteiger partial charge in [0.1, 0.15) is 18.0 Å². The van der Waals surface area contributed by atoms with E-state index in [1.165, 1.54) is 11.1 Å². The van der Waals surface area contributed by atoms with E-state index in [0.29, 0.717) is 0 Å². The number of para-hydroxylation sites is 1. The maximum atomic E-state index is 6.20. The Morgan fingerprint density at radius 2 is 1.79 bits per heavy atom. The molecule has 0 radical (unpaired) electrons. The molecule has 2 aromatic rings. The molecule has 1 fully saturated rings. The summed E-state index contributed by atoms with van der Waals surface area (Å²) in [6, 6.07) is 16.9. The van der Waals surface area contributed by atoms with E-state index in [9.17, 15) is 0 Å². The molecule has 1 aliphatic heterocycles. The van der Waals surface area contributed by atoms with Gasteiger partial charge < -0.3 is 19.5 Å². The molecule has 0 saturated carbocycles. The van der Waals surface area contributed by atoms with Gasteiger partial charge in [-0.25, -0.2) is 0 Å². The fourth-order valence-corrected chi connectivity index (χ4v) is 4.64. The molecular formula is C25H36NO3+. The molecule has 1 saturated heterocycles. The van der Waals surface area contributed by atoms with Crippen LogP contribution >= 0.6 is 0 Å². The van der Waals surface area contributed by atoms with Crippen LogP contribution in [0.15, 0.2) is 48.5 Å². The molecule has 0 spiro atoms. The molecule has 0 aliphatic carbocycles. The summed E-state index contributed by atoms with van der Waals surface area (Å²) in [6.07, 6.45) is 4.22. The van der Waals surface area contributed by atoms with Gasteiger partial charge in [-0.1, -0.05) is 25.1 Å². The van der Waals surface area contributed by atoms with E-state index in [2.05, 4.69) is 55.6 Å². The van der Waals surface area contributed by atoms with Gasteiger partial charge in [-0.05, 0) is 56.5 Å². The van der Waals surface area contributed by atoms with Crippen LogP contribution < -0.4 is 14.8 Å². The Morgan fingerprint density at radius 3 is 2.48 bits per heavy atom. The summed E-state index contributed by atoms with van der Waals surface area (Å²) in [6.45, 7) is 7.35. The molecule has 0 aromatic heterocycles. The van der Waals surface area contributed by atoms with E-state index in [0.717, 1.165) is 56.9 Å². The third-order valence-corrected chi connectivity index (χ3v) is 6.54. The van der Waals surface area contributed by atoms with Gasteiger partial charge in [0.2, 0.25) is 0 Å². The standard InChI is InChI=1S/C25H35NO3/c1-5-24(2)19-25(15-17-29-24,22-8-6-7-9-23(22)28-4)14-16-26-18-20-10-12-21(27-3)13-11-20/h6-13,26H,5,14-19H2,1-4H3/p+1/t24-,25-/m0/s1. The van der Waals surface area contributed by atoms with E-state index in [4.69, 9.17) is 14.2 Å². The molecule has 0 unspecified atom stereocenters. The molecule has 4 heteroatoms.